The van der Waals surface area contributed by atoms with Crippen LogP contribution in [0.25, 0.3) is 0 Å². The third kappa shape index (κ3) is 5.47. The highest BCUT2D eigenvalue weighted by atomic mass is 79.9. The lowest BCUT2D eigenvalue weighted by atomic mass is 10.4. The summed E-state index contributed by atoms with van der Waals surface area (Å²) in [5.74, 6) is 0.720. The molecule has 5 nitrogen and oxygen atoms in total. The number of thioether (sulfide) groups is 1. The molecular formula is C15H18BrN3O2S. The number of carbonyl (C=O) groups is 1. The van der Waals surface area contributed by atoms with Gasteiger partial charge in [-0.25, -0.2) is 0 Å². The molecule has 0 fully saturated rings. The predicted molar refractivity (Wildman–Crippen MR) is 92.2 cm³/mol. The van der Waals surface area contributed by atoms with E-state index in [1.807, 2.05) is 24.3 Å². The maximum absolute atomic E-state index is 11.9. The van der Waals surface area contributed by atoms with Gasteiger partial charge in [0.1, 0.15) is 0 Å². The van der Waals surface area contributed by atoms with Crippen molar-refractivity contribution in [3.63, 3.8) is 0 Å². The van der Waals surface area contributed by atoms with Gasteiger partial charge in [-0.1, -0.05) is 12.1 Å². The zero-order chi connectivity index (χ0) is 15.8. The van der Waals surface area contributed by atoms with Gasteiger partial charge in [0.05, 0.1) is 25.0 Å². The highest BCUT2D eigenvalue weighted by Crippen LogP contribution is 2.27. The van der Waals surface area contributed by atoms with Crippen LogP contribution < -0.4 is 5.32 Å². The molecule has 1 aromatic heterocycles. The van der Waals surface area contributed by atoms with Gasteiger partial charge in [0.15, 0.2) is 0 Å². The third-order valence-electron chi connectivity index (χ3n) is 2.86. The Balaban J connectivity index is 1.74. The lowest BCUT2D eigenvalue weighted by Crippen LogP contribution is -2.11. The van der Waals surface area contributed by atoms with E-state index in [1.165, 1.54) is 0 Å². The van der Waals surface area contributed by atoms with Crippen molar-refractivity contribution in [1.29, 1.82) is 0 Å². The first-order valence-corrected chi connectivity index (χ1v) is 8.65. The van der Waals surface area contributed by atoms with E-state index in [4.69, 9.17) is 4.74 Å². The summed E-state index contributed by atoms with van der Waals surface area (Å²) in [6.45, 7) is 1.27. The molecule has 0 radical (unpaired) electrons. The number of ether oxygens (including phenoxy) is 1. The van der Waals surface area contributed by atoms with Crippen LogP contribution in [0.5, 0.6) is 0 Å². The van der Waals surface area contributed by atoms with Crippen LogP contribution in [-0.4, -0.2) is 35.2 Å². The lowest BCUT2D eigenvalue weighted by Gasteiger charge is -2.04. The Kier molecular flexibility index (Phi) is 6.95. The first kappa shape index (κ1) is 17.1. The zero-order valence-electron chi connectivity index (χ0n) is 12.3. The Morgan fingerprint density at radius 2 is 2.27 bits per heavy atom. The molecule has 1 N–H and O–H groups in total. The summed E-state index contributed by atoms with van der Waals surface area (Å²) in [6, 6.07) is 7.99. The smallest absolute Gasteiger partial charge is 0.225 e. The highest BCUT2D eigenvalue weighted by molar-refractivity contribution is 9.10. The Bertz CT molecular complexity index is 618. The number of nitrogens with zero attached hydrogens (tertiary/aromatic N) is 2. The van der Waals surface area contributed by atoms with Crippen LogP contribution in [0.3, 0.4) is 0 Å². The van der Waals surface area contributed by atoms with Gasteiger partial charge >= 0.3 is 0 Å². The number of halogens is 1. The monoisotopic (exact) mass is 383 g/mol. The van der Waals surface area contributed by atoms with E-state index < -0.39 is 0 Å². The van der Waals surface area contributed by atoms with Gasteiger partial charge in [-0.15, -0.1) is 11.8 Å². The second kappa shape index (κ2) is 8.97. The minimum atomic E-state index is -0.00848. The van der Waals surface area contributed by atoms with Gasteiger partial charge in [0, 0.05) is 34.8 Å². The molecule has 1 amide bonds. The summed E-state index contributed by atoms with van der Waals surface area (Å²) in [5.41, 5.74) is 0.715. The number of carbonyl (C=O) groups excluding carboxylic acids is 1. The summed E-state index contributed by atoms with van der Waals surface area (Å²) in [7, 11) is 1.65. The number of nitrogens with one attached hydrogen (secondary N) is 1. The molecule has 0 aliphatic heterocycles. The molecule has 0 atom stereocenters. The standard InChI is InChI=1S/C15H18BrN3O2S/c1-21-8-7-19-11-12(10-17-19)18-15(20)6-9-22-14-5-3-2-4-13(14)16/h2-5,10-11H,6-9H2,1H3,(H,18,20). The molecular weight excluding hydrogens is 366 g/mol. The van der Waals surface area contributed by atoms with Crippen molar-refractivity contribution in [3.8, 4) is 0 Å². The number of benzene rings is 1. The molecule has 22 heavy (non-hydrogen) atoms. The number of amides is 1. The van der Waals surface area contributed by atoms with Crippen molar-refractivity contribution < 1.29 is 9.53 Å². The molecule has 0 bridgehead atoms. The minimum absolute atomic E-state index is 0.00848. The Morgan fingerprint density at radius 3 is 3.05 bits per heavy atom. The molecule has 0 saturated carbocycles. The zero-order valence-corrected chi connectivity index (χ0v) is 14.7. The first-order chi connectivity index (χ1) is 10.7. The van der Waals surface area contributed by atoms with E-state index in [0.717, 1.165) is 15.1 Å². The van der Waals surface area contributed by atoms with Gasteiger partial charge in [-0.05, 0) is 28.1 Å². The minimum Gasteiger partial charge on any atom is -0.383 e. The summed E-state index contributed by atoms with van der Waals surface area (Å²) >= 11 is 5.16. The first-order valence-electron chi connectivity index (χ1n) is 6.87. The number of hydrogen-bond acceptors (Lipinski definition) is 4. The predicted octanol–water partition coefficient (Wildman–Crippen LogP) is 3.41. The van der Waals surface area contributed by atoms with E-state index in [2.05, 4.69) is 26.3 Å². The van der Waals surface area contributed by atoms with Crippen LogP contribution in [0, 0.1) is 0 Å². The van der Waals surface area contributed by atoms with E-state index in [1.54, 1.807) is 35.9 Å². The molecule has 2 aromatic rings. The van der Waals surface area contributed by atoms with E-state index in [0.29, 0.717) is 25.3 Å². The fourth-order valence-corrected chi connectivity index (χ4v) is 3.29. The SMILES string of the molecule is COCCn1cc(NC(=O)CCSc2ccccc2Br)cn1. The summed E-state index contributed by atoms with van der Waals surface area (Å²) in [6.07, 6.45) is 3.90. The largest absolute Gasteiger partial charge is 0.383 e. The van der Waals surface area contributed by atoms with E-state index in [9.17, 15) is 4.79 Å². The van der Waals surface area contributed by atoms with Crippen LogP contribution in [0.2, 0.25) is 0 Å². The molecule has 118 valence electrons. The third-order valence-corrected chi connectivity index (χ3v) is 4.89. The summed E-state index contributed by atoms with van der Waals surface area (Å²) in [5, 5.41) is 7.01. The van der Waals surface area contributed by atoms with E-state index in [-0.39, 0.29) is 5.91 Å². The van der Waals surface area contributed by atoms with Crippen molar-refractivity contribution in [3.05, 3.63) is 41.1 Å². The Hall–Kier alpha value is -1.31. The van der Waals surface area contributed by atoms with Gasteiger partial charge in [0.2, 0.25) is 5.91 Å². The van der Waals surface area contributed by atoms with Gasteiger partial charge in [-0.3, -0.25) is 9.48 Å². The summed E-state index contributed by atoms with van der Waals surface area (Å²) < 4.78 is 7.79. The molecule has 0 unspecified atom stereocenters. The van der Waals surface area contributed by atoms with Gasteiger partial charge in [0.25, 0.3) is 0 Å². The number of anilines is 1. The maximum Gasteiger partial charge on any atom is 0.225 e. The molecule has 2 rings (SSSR count). The fourth-order valence-electron chi connectivity index (χ4n) is 1.77. The van der Waals surface area contributed by atoms with Crippen molar-refractivity contribution >= 4 is 39.3 Å². The molecule has 0 aliphatic carbocycles. The van der Waals surface area contributed by atoms with Crippen molar-refractivity contribution in [2.45, 2.75) is 17.9 Å². The fraction of sp³-hybridized carbons (Fsp3) is 0.333. The Labute approximate surface area is 142 Å². The number of aromatic nitrogens is 2. The topological polar surface area (TPSA) is 56.1 Å². The van der Waals surface area contributed by atoms with Crippen LogP contribution in [-0.2, 0) is 16.1 Å². The van der Waals surface area contributed by atoms with Crippen LogP contribution >= 0.6 is 27.7 Å². The van der Waals surface area contributed by atoms with Crippen LogP contribution in [0.1, 0.15) is 6.42 Å². The highest BCUT2D eigenvalue weighted by Gasteiger charge is 2.06. The average Bonchev–Trinajstić information content (AvgIpc) is 2.94. The van der Waals surface area contributed by atoms with Crippen molar-refractivity contribution in [2.24, 2.45) is 0 Å². The van der Waals surface area contributed by atoms with E-state index >= 15 is 0 Å². The Morgan fingerprint density at radius 1 is 1.45 bits per heavy atom. The van der Waals surface area contributed by atoms with Crippen LogP contribution in [0.15, 0.2) is 46.0 Å². The normalized spacial score (nSPS) is 10.6. The number of methoxy groups -OCH3 is 1. The van der Waals surface area contributed by atoms with Crippen molar-refractivity contribution in [1.82, 2.24) is 9.78 Å². The number of rotatable bonds is 8. The second-order valence-electron chi connectivity index (χ2n) is 4.56. The number of hydrogen-bond donors (Lipinski definition) is 1. The molecule has 0 saturated heterocycles. The van der Waals surface area contributed by atoms with Crippen molar-refractivity contribution in [2.75, 3.05) is 24.8 Å². The maximum atomic E-state index is 11.9. The summed E-state index contributed by atoms with van der Waals surface area (Å²) in [4.78, 5) is 13.1. The molecule has 1 aromatic carbocycles. The molecule has 0 spiro atoms. The molecule has 7 heteroatoms. The van der Waals surface area contributed by atoms with Crippen LogP contribution in [0.4, 0.5) is 5.69 Å². The van der Waals surface area contributed by atoms with Gasteiger partial charge in [-0.2, -0.15) is 5.10 Å². The van der Waals surface area contributed by atoms with Gasteiger partial charge < -0.3 is 10.1 Å². The molecule has 0 aliphatic rings. The second-order valence-corrected chi connectivity index (χ2v) is 6.55. The lowest BCUT2D eigenvalue weighted by molar-refractivity contribution is -0.115. The average molecular weight is 384 g/mol. The quantitative estimate of drug-likeness (QED) is 0.709. The molecule has 1 heterocycles.